The van der Waals surface area contributed by atoms with Gasteiger partial charge in [-0.3, -0.25) is 0 Å². The predicted octanol–water partition coefficient (Wildman–Crippen LogP) is 3.35. The van der Waals surface area contributed by atoms with E-state index in [-0.39, 0.29) is 6.04 Å². The van der Waals surface area contributed by atoms with Crippen LogP contribution in [0.4, 0.5) is 0 Å². The van der Waals surface area contributed by atoms with Crippen molar-refractivity contribution in [3.05, 3.63) is 39.9 Å². The van der Waals surface area contributed by atoms with E-state index < -0.39 is 0 Å². The lowest BCUT2D eigenvalue weighted by Gasteiger charge is -2.01. The van der Waals surface area contributed by atoms with Crippen LogP contribution in [0.3, 0.4) is 0 Å². The summed E-state index contributed by atoms with van der Waals surface area (Å²) in [7, 11) is 0. The maximum atomic E-state index is 5.94. The zero-order valence-corrected chi connectivity index (χ0v) is 8.81. The van der Waals surface area contributed by atoms with Crippen molar-refractivity contribution in [2.24, 2.45) is 5.73 Å². The molecule has 0 aromatic heterocycles. The zero-order chi connectivity index (χ0) is 9.84. The van der Waals surface area contributed by atoms with Crippen molar-refractivity contribution < 1.29 is 0 Å². The van der Waals surface area contributed by atoms with Gasteiger partial charge in [0.2, 0.25) is 0 Å². The minimum Gasteiger partial charge on any atom is -0.325 e. The first-order chi connectivity index (χ1) is 6.11. The van der Waals surface area contributed by atoms with Crippen LogP contribution in [0.25, 0.3) is 6.08 Å². The highest BCUT2D eigenvalue weighted by atomic mass is 35.5. The first-order valence-electron chi connectivity index (χ1n) is 3.99. The molecule has 0 fully saturated rings. The molecule has 0 heterocycles. The van der Waals surface area contributed by atoms with Crippen LogP contribution in [-0.2, 0) is 0 Å². The van der Waals surface area contributed by atoms with Gasteiger partial charge >= 0.3 is 0 Å². The van der Waals surface area contributed by atoms with Crippen molar-refractivity contribution in [2.45, 2.75) is 13.0 Å². The number of hydrogen-bond acceptors (Lipinski definition) is 1. The molecule has 0 bridgehead atoms. The summed E-state index contributed by atoms with van der Waals surface area (Å²) in [6.07, 6.45) is 3.70. The molecule has 0 radical (unpaired) electrons. The van der Waals surface area contributed by atoms with E-state index in [2.05, 4.69) is 0 Å². The molecule has 2 N–H and O–H groups in total. The van der Waals surface area contributed by atoms with Gasteiger partial charge in [0.25, 0.3) is 0 Å². The molecule has 0 amide bonds. The summed E-state index contributed by atoms with van der Waals surface area (Å²) in [6, 6.07) is 5.42. The molecule has 1 aromatic carbocycles. The van der Waals surface area contributed by atoms with Gasteiger partial charge in [-0.15, -0.1) is 0 Å². The Morgan fingerprint density at radius 3 is 2.31 bits per heavy atom. The summed E-state index contributed by atoms with van der Waals surface area (Å²) >= 11 is 11.9. The molecule has 0 spiro atoms. The van der Waals surface area contributed by atoms with Gasteiger partial charge in [0.15, 0.2) is 0 Å². The Bertz CT molecular complexity index is 298. The molecule has 0 saturated carbocycles. The van der Waals surface area contributed by atoms with E-state index >= 15 is 0 Å². The Balaban J connectivity index is 3.00. The predicted molar refractivity (Wildman–Crippen MR) is 59.1 cm³/mol. The van der Waals surface area contributed by atoms with Crippen molar-refractivity contribution >= 4 is 29.3 Å². The minimum absolute atomic E-state index is 0.00680. The summed E-state index contributed by atoms with van der Waals surface area (Å²) in [5.74, 6) is 0. The van der Waals surface area contributed by atoms with Crippen LogP contribution in [0.1, 0.15) is 12.5 Å². The number of rotatable bonds is 2. The summed E-state index contributed by atoms with van der Waals surface area (Å²) in [5.41, 5.74) is 6.39. The fourth-order valence-electron chi connectivity index (χ4n) is 0.918. The highest BCUT2D eigenvalue weighted by molar-refractivity contribution is 6.37. The molecule has 0 aliphatic carbocycles. The third-order valence-electron chi connectivity index (χ3n) is 1.57. The topological polar surface area (TPSA) is 26.0 Å². The second kappa shape index (κ2) is 4.66. The molecule has 1 unspecified atom stereocenters. The summed E-state index contributed by atoms with van der Waals surface area (Å²) in [5, 5.41) is 1.29. The van der Waals surface area contributed by atoms with Crippen molar-refractivity contribution in [2.75, 3.05) is 0 Å². The van der Waals surface area contributed by atoms with Gasteiger partial charge in [-0.05, 0) is 19.1 Å². The van der Waals surface area contributed by atoms with E-state index in [9.17, 15) is 0 Å². The summed E-state index contributed by atoms with van der Waals surface area (Å²) in [4.78, 5) is 0. The van der Waals surface area contributed by atoms with Gasteiger partial charge in [0, 0.05) is 21.7 Å². The lowest BCUT2D eigenvalue weighted by Crippen LogP contribution is -2.09. The van der Waals surface area contributed by atoms with Crippen molar-refractivity contribution in [3.8, 4) is 0 Å². The van der Waals surface area contributed by atoms with E-state index in [0.29, 0.717) is 10.0 Å². The van der Waals surface area contributed by atoms with Gasteiger partial charge in [-0.25, -0.2) is 0 Å². The third-order valence-corrected chi connectivity index (χ3v) is 2.23. The molecule has 0 saturated heterocycles. The molecule has 70 valence electrons. The molecule has 1 nitrogen and oxygen atoms in total. The van der Waals surface area contributed by atoms with E-state index in [0.717, 1.165) is 5.56 Å². The van der Waals surface area contributed by atoms with Gasteiger partial charge in [-0.2, -0.15) is 0 Å². The Labute approximate surface area is 88.1 Å². The van der Waals surface area contributed by atoms with Gasteiger partial charge in [0.05, 0.1) is 0 Å². The first-order valence-corrected chi connectivity index (χ1v) is 4.74. The van der Waals surface area contributed by atoms with E-state index in [4.69, 9.17) is 28.9 Å². The minimum atomic E-state index is 0.00680. The maximum Gasteiger partial charge on any atom is 0.0493 e. The molecule has 0 aliphatic heterocycles. The van der Waals surface area contributed by atoms with Gasteiger partial charge in [-0.1, -0.05) is 41.4 Å². The van der Waals surface area contributed by atoms with Crippen LogP contribution in [0, 0.1) is 0 Å². The first kappa shape index (κ1) is 10.6. The number of nitrogens with two attached hydrogens (primary N) is 1. The van der Waals surface area contributed by atoms with Gasteiger partial charge in [0.1, 0.15) is 0 Å². The van der Waals surface area contributed by atoms with Crippen molar-refractivity contribution in [3.63, 3.8) is 0 Å². The molecule has 3 heteroatoms. The van der Waals surface area contributed by atoms with Crippen LogP contribution in [0.5, 0.6) is 0 Å². The standard InChI is InChI=1S/C10H11Cl2N/c1-7(13)5-6-8-9(11)3-2-4-10(8)12/h2-7H,13H2,1H3/b6-5+. The van der Waals surface area contributed by atoms with Crippen LogP contribution >= 0.6 is 23.2 Å². The highest BCUT2D eigenvalue weighted by Crippen LogP contribution is 2.25. The zero-order valence-electron chi connectivity index (χ0n) is 7.30. The monoisotopic (exact) mass is 215 g/mol. The SMILES string of the molecule is CC(N)/C=C/c1c(Cl)cccc1Cl. The molecule has 0 aliphatic rings. The molecule has 13 heavy (non-hydrogen) atoms. The summed E-state index contributed by atoms with van der Waals surface area (Å²) < 4.78 is 0. The highest BCUT2D eigenvalue weighted by Gasteiger charge is 2.00. The fraction of sp³-hybridized carbons (Fsp3) is 0.200. The smallest absolute Gasteiger partial charge is 0.0493 e. The second-order valence-electron chi connectivity index (χ2n) is 2.85. The van der Waals surface area contributed by atoms with Crippen LogP contribution in [-0.4, -0.2) is 6.04 Å². The average molecular weight is 216 g/mol. The molecular weight excluding hydrogens is 205 g/mol. The quantitative estimate of drug-likeness (QED) is 0.805. The van der Waals surface area contributed by atoms with Crippen LogP contribution in [0.2, 0.25) is 10.0 Å². The van der Waals surface area contributed by atoms with E-state index in [1.165, 1.54) is 0 Å². The lowest BCUT2D eigenvalue weighted by atomic mass is 10.2. The van der Waals surface area contributed by atoms with Gasteiger partial charge < -0.3 is 5.73 Å². The molecule has 1 rings (SSSR count). The third kappa shape index (κ3) is 3.03. The summed E-state index contributed by atoms with van der Waals surface area (Å²) in [6.45, 7) is 1.89. The van der Waals surface area contributed by atoms with Crippen molar-refractivity contribution in [1.82, 2.24) is 0 Å². The molecular formula is C10H11Cl2N. The number of hydrogen-bond donors (Lipinski definition) is 1. The Kier molecular flexibility index (Phi) is 3.79. The van der Waals surface area contributed by atoms with Crippen LogP contribution in [0.15, 0.2) is 24.3 Å². The maximum absolute atomic E-state index is 5.94. The fourth-order valence-corrected chi connectivity index (χ4v) is 1.44. The molecule has 1 aromatic rings. The van der Waals surface area contributed by atoms with Crippen LogP contribution < -0.4 is 5.73 Å². The number of halogens is 2. The Hall–Kier alpha value is -0.500. The lowest BCUT2D eigenvalue weighted by molar-refractivity contribution is 0.931. The van der Waals surface area contributed by atoms with Crippen molar-refractivity contribution in [1.29, 1.82) is 0 Å². The van der Waals surface area contributed by atoms with E-state index in [1.807, 2.05) is 25.1 Å². The normalized spacial score (nSPS) is 13.5. The Morgan fingerprint density at radius 2 is 1.85 bits per heavy atom. The molecule has 1 atom stereocenters. The Morgan fingerprint density at radius 1 is 1.31 bits per heavy atom. The number of benzene rings is 1. The average Bonchev–Trinajstić information content (AvgIpc) is 2.03. The largest absolute Gasteiger partial charge is 0.325 e. The second-order valence-corrected chi connectivity index (χ2v) is 3.67. The van der Waals surface area contributed by atoms with E-state index in [1.54, 1.807) is 12.1 Å².